The SMILES string of the molecule is CCN1C(=O)/C(=C/c2ccccc2OCc2ccccc2Cl)S/C1=N/c1nc(-c2ccccc2)cs1. The third-order valence-electron chi connectivity index (χ3n) is 5.50. The second-order valence-corrected chi connectivity index (χ2v) is 10.1. The number of rotatable bonds is 7. The van der Waals surface area contributed by atoms with E-state index in [4.69, 9.17) is 21.3 Å². The monoisotopic (exact) mass is 531 g/mol. The summed E-state index contributed by atoms with van der Waals surface area (Å²) in [7, 11) is 0. The van der Waals surface area contributed by atoms with Crippen LogP contribution >= 0.6 is 34.7 Å². The third kappa shape index (κ3) is 5.38. The summed E-state index contributed by atoms with van der Waals surface area (Å²) >= 11 is 9.08. The minimum Gasteiger partial charge on any atom is -0.488 e. The second-order valence-electron chi connectivity index (χ2n) is 7.85. The Morgan fingerprint density at radius 2 is 1.78 bits per heavy atom. The van der Waals surface area contributed by atoms with E-state index in [1.54, 1.807) is 4.90 Å². The lowest BCUT2D eigenvalue weighted by Crippen LogP contribution is -2.28. The molecule has 36 heavy (non-hydrogen) atoms. The topological polar surface area (TPSA) is 54.8 Å². The summed E-state index contributed by atoms with van der Waals surface area (Å²) in [4.78, 5) is 24.8. The van der Waals surface area contributed by atoms with Gasteiger partial charge >= 0.3 is 0 Å². The largest absolute Gasteiger partial charge is 0.488 e. The van der Waals surface area contributed by atoms with Gasteiger partial charge < -0.3 is 4.74 Å². The first-order valence-corrected chi connectivity index (χ1v) is 13.5. The predicted molar refractivity (Wildman–Crippen MR) is 150 cm³/mol. The van der Waals surface area contributed by atoms with Gasteiger partial charge in [-0.15, -0.1) is 11.3 Å². The molecule has 180 valence electrons. The number of nitrogens with zero attached hydrogens (tertiary/aromatic N) is 3. The normalized spacial score (nSPS) is 15.7. The van der Waals surface area contributed by atoms with E-state index in [1.807, 2.05) is 97.2 Å². The average molecular weight is 532 g/mol. The summed E-state index contributed by atoms with van der Waals surface area (Å²) < 4.78 is 6.07. The van der Waals surface area contributed by atoms with Crippen molar-refractivity contribution < 1.29 is 9.53 Å². The van der Waals surface area contributed by atoms with Gasteiger partial charge in [0.15, 0.2) is 5.17 Å². The lowest BCUT2D eigenvalue weighted by Gasteiger charge is -2.11. The van der Waals surface area contributed by atoms with E-state index in [9.17, 15) is 4.79 Å². The number of amides is 1. The molecule has 1 saturated heterocycles. The van der Waals surface area contributed by atoms with Gasteiger partial charge in [0.2, 0.25) is 5.13 Å². The fraction of sp³-hybridized carbons (Fsp3) is 0.107. The quantitative estimate of drug-likeness (QED) is 0.230. The van der Waals surface area contributed by atoms with E-state index in [0.29, 0.717) is 39.1 Å². The average Bonchev–Trinajstić information content (AvgIpc) is 3.49. The van der Waals surface area contributed by atoms with Crippen LogP contribution in [0, 0.1) is 0 Å². The molecule has 1 aromatic heterocycles. The van der Waals surface area contributed by atoms with Crippen molar-refractivity contribution in [3.63, 3.8) is 0 Å². The molecule has 5 rings (SSSR count). The molecule has 0 bridgehead atoms. The molecule has 1 fully saturated rings. The van der Waals surface area contributed by atoms with Crippen LogP contribution < -0.4 is 4.74 Å². The standard InChI is InChI=1S/C28H22ClN3O2S2/c1-2-32-26(33)25(36-28(32)31-27-30-23(18-35-27)19-10-4-3-5-11-19)16-20-12-7-9-15-24(20)34-17-21-13-6-8-14-22(21)29/h3-16,18H,2,17H2,1H3/b25-16-,31-28+. The first kappa shape index (κ1) is 24.3. The number of hydrogen-bond acceptors (Lipinski definition) is 6. The van der Waals surface area contributed by atoms with Crippen LogP contribution in [-0.4, -0.2) is 27.5 Å². The molecule has 1 aliphatic heterocycles. The fourth-order valence-corrected chi connectivity index (χ4v) is 5.63. The lowest BCUT2D eigenvalue weighted by atomic mass is 10.1. The summed E-state index contributed by atoms with van der Waals surface area (Å²) in [6, 6.07) is 25.2. The van der Waals surface area contributed by atoms with Crippen LogP contribution in [0.4, 0.5) is 5.13 Å². The highest BCUT2D eigenvalue weighted by Crippen LogP contribution is 2.36. The Balaban J connectivity index is 1.38. The zero-order chi connectivity index (χ0) is 24.9. The van der Waals surface area contributed by atoms with Crippen LogP contribution in [0.5, 0.6) is 5.75 Å². The highest BCUT2D eigenvalue weighted by molar-refractivity contribution is 8.18. The smallest absolute Gasteiger partial charge is 0.266 e. The highest BCUT2D eigenvalue weighted by Gasteiger charge is 2.32. The van der Waals surface area contributed by atoms with Crippen molar-refractivity contribution in [2.24, 2.45) is 4.99 Å². The maximum atomic E-state index is 13.2. The molecule has 0 radical (unpaired) electrons. The lowest BCUT2D eigenvalue weighted by molar-refractivity contribution is -0.122. The Kier molecular flexibility index (Phi) is 7.51. The summed E-state index contributed by atoms with van der Waals surface area (Å²) in [6.45, 7) is 2.79. The van der Waals surface area contributed by atoms with E-state index in [-0.39, 0.29) is 5.91 Å². The second kappa shape index (κ2) is 11.1. The van der Waals surface area contributed by atoms with Crippen molar-refractivity contribution in [1.82, 2.24) is 9.88 Å². The molecule has 0 aliphatic carbocycles. The maximum absolute atomic E-state index is 13.2. The molecule has 4 aromatic rings. The third-order valence-corrected chi connectivity index (χ3v) is 7.61. The minimum absolute atomic E-state index is 0.0815. The number of ether oxygens (including phenoxy) is 1. The van der Waals surface area contributed by atoms with Gasteiger partial charge in [-0.1, -0.05) is 78.3 Å². The van der Waals surface area contributed by atoms with Gasteiger partial charge in [-0.2, -0.15) is 4.99 Å². The Labute approximate surface area is 223 Å². The van der Waals surface area contributed by atoms with Crippen molar-refractivity contribution in [2.45, 2.75) is 13.5 Å². The number of aliphatic imine (C=N–C) groups is 1. The maximum Gasteiger partial charge on any atom is 0.266 e. The molecule has 5 nitrogen and oxygen atoms in total. The summed E-state index contributed by atoms with van der Waals surface area (Å²) in [6.07, 6.45) is 1.86. The molecular formula is C28H22ClN3O2S2. The van der Waals surface area contributed by atoms with Crippen LogP contribution in [0.3, 0.4) is 0 Å². The Morgan fingerprint density at radius 1 is 1.03 bits per heavy atom. The zero-order valence-corrected chi connectivity index (χ0v) is 21.8. The molecule has 3 aromatic carbocycles. The van der Waals surface area contributed by atoms with Gasteiger partial charge in [0.05, 0.1) is 10.6 Å². The highest BCUT2D eigenvalue weighted by atomic mass is 35.5. The molecule has 2 heterocycles. The van der Waals surface area contributed by atoms with Gasteiger partial charge in [-0.3, -0.25) is 9.69 Å². The number of thioether (sulfide) groups is 1. The van der Waals surface area contributed by atoms with Gasteiger partial charge in [-0.05, 0) is 36.9 Å². The molecule has 1 amide bonds. The predicted octanol–water partition coefficient (Wildman–Crippen LogP) is 7.67. The van der Waals surface area contributed by atoms with E-state index < -0.39 is 0 Å². The van der Waals surface area contributed by atoms with Crippen molar-refractivity contribution in [1.29, 1.82) is 0 Å². The van der Waals surface area contributed by atoms with Crippen molar-refractivity contribution >= 4 is 57.0 Å². The molecule has 0 spiro atoms. The Hall–Kier alpha value is -3.39. The Bertz CT molecular complexity index is 1450. The van der Waals surface area contributed by atoms with E-state index in [0.717, 1.165) is 22.4 Å². The van der Waals surface area contributed by atoms with E-state index in [2.05, 4.69) is 4.98 Å². The summed E-state index contributed by atoms with van der Waals surface area (Å²) in [5.74, 6) is 0.598. The summed E-state index contributed by atoms with van der Waals surface area (Å²) in [5, 5.41) is 3.88. The van der Waals surface area contributed by atoms with Gasteiger partial charge in [-0.25, -0.2) is 4.98 Å². The van der Waals surface area contributed by atoms with Gasteiger partial charge in [0, 0.05) is 33.6 Å². The van der Waals surface area contributed by atoms with Crippen molar-refractivity contribution in [2.75, 3.05) is 6.54 Å². The first-order chi connectivity index (χ1) is 17.6. The van der Waals surface area contributed by atoms with Crippen LogP contribution in [-0.2, 0) is 11.4 Å². The van der Waals surface area contributed by atoms with Gasteiger partial charge in [0.25, 0.3) is 5.91 Å². The molecule has 0 N–H and O–H groups in total. The number of thiazole rings is 1. The summed E-state index contributed by atoms with van der Waals surface area (Å²) in [5.41, 5.74) is 3.63. The molecule has 1 aliphatic rings. The Morgan fingerprint density at radius 3 is 2.58 bits per heavy atom. The number of benzene rings is 3. The number of carbonyl (C=O) groups excluding carboxylic acids is 1. The molecule has 0 atom stereocenters. The number of likely N-dealkylation sites (N-methyl/N-ethyl adjacent to an activating group) is 1. The molecule has 0 saturated carbocycles. The van der Waals surface area contributed by atoms with Crippen molar-refractivity contribution in [3.05, 3.63) is 105 Å². The number of hydrogen-bond donors (Lipinski definition) is 0. The van der Waals surface area contributed by atoms with Crippen LogP contribution in [0.15, 0.2) is 94.1 Å². The van der Waals surface area contributed by atoms with E-state index in [1.165, 1.54) is 23.1 Å². The van der Waals surface area contributed by atoms with E-state index >= 15 is 0 Å². The number of aromatic nitrogens is 1. The van der Waals surface area contributed by atoms with Crippen LogP contribution in [0.25, 0.3) is 17.3 Å². The van der Waals surface area contributed by atoms with Crippen molar-refractivity contribution in [3.8, 4) is 17.0 Å². The van der Waals surface area contributed by atoms with Gasteiger partial charge in [0.1, 0.15) is 12.4 Å². The zero-order valence-electron chi connectivity index (χ0n) is 19.4. The fourth-order valence-electron chi connectivity index (χ4n) is 3.65. The first-order valence-electron chi connectivity index (χ1n) is 11.4. The molecule has 8 heteroatoms. The van der Waals surface area contributed by atoms with Crippen LogP contribution in [0.1, 0.15) is 18.1 Å². The number of para-hydroxylation sites is 1. The minimum atomic E-state index is -0.0815. The molecular weight excluding hydrogens is 510 g/mol. The number of carbonyl (C=O) groups is 1. The number of halogens is 1. The molecule has 0 unspecified atom stereocenters. The van der Waals surface area contributed by atoms with Crippen LogP contribution in [0.2, 0.25) is 5.02 Å². The number of amidine groups is 1.